The highest BCUT2D eigenvalue weighted by molar-refractivity contribution is 9.10. The lowest BCUT2D eigenvalue weighted by molar-refractivity contribution is 0.0946. The molecule has 2 aromatic rings. The molecule has 1 aromatic heterocycles. The number of H-pyrrole nitrogens is 1. The molecule has 0 saturated heterocycles. The van der Waals surface area contributed by atoms with Crippen molar-refractivity contribution in [3.8, 4) is 5.75 Å². The van der Waals surface area contributed by atoms with Crippen molar-refractivity contribution < 1.29 is 9.53 Å². The van der Waals surface area contributed by atoms with E-state index in [0.29, 0.717) is 18.8 Å². The van der Waals surface area contributed by atoms with Crippen molar-refractivity contribution in [3.63, 3.8) is 0 Å². The van der Waals surface area contributed by atoms with Crippen molar-refractivity contribution in [2.75, 3.05) is 27.2 Å². The molecule has 1 aromatic carbocycles. The maximum Gasteiger partial charge on any atom is 0.267 e. The Bertz CT molecular complexity index is 608. The quantitative estimate of drug-likeness (QED) is 0.792. The second-order valence-electron chi connectivity index (χ2n) is 5.21. The standard InChI is InChI=1S/C16H20BrN3O2/c1-20(2)7-8-22-14-5-3-12(4-6-14)10-19-16(21)15-9-13(17)11-18-15/h3-6,9,11,18H,7-8,10H2,1-2H3,(H,19,21). The summed E-state index contributed by atoms with van der Waals surface area (Å²) in [5.41, 5.74) is 1.56. The fraction of sp³-hybridized carbons (Fsp3) is 0.312. The number of aromatic amines is 1. The number of likely N-dealkylation sites (N-methyl/N-ethyl adjacent to an activating group) is 1. The summed E-state index contributed by atoms with van der Waals surface area (Å²) in [6, 6.07) is 9.49. The molecule has 5 nitrogen and oxygen atoms in total. The average Bonchev–Trinajstić information content (AvgIpc) is 2.92. The number of hydrogen-bond acceptors (Lipinski definition) is 3. The van der Waals surface area contributed by atoms with E-state index in [4.69, 9.17) is 4.74 Å². The van der Waals surface area contributed by atoms with Gasteiger partial charge in [-0.05, 0) is 53.8 Å². The van der Waals surface area contributed by atoms with Gasteiger partial charge >= 0.3 is 0 Å². The molecule has 0 spiro atoms. The van der Waals surface area contributed by atoms with Gasteiger partial charge in [0.25, 0.3) is 5.91 Å². The van der Waals surface area contributed by atoms with Crippen LogP contribution in [0.5, 0.6) is 5.75 Å². The van der Waals surface area contributed by atoms with Gasteiger partial charge in [0.15, 0.2) is 0 Å². The number of carbonyl (C=O) groups is 1. The van der Waals surface area contributed by atoms with Gasteiger partial charge < -0.3 is 19.9 Å². The lowest BCUT2D eigenvalue weighted by Gasteiger charge is -2.11. The van der Waals surface area contributed by atoms with E-state index in [1.807, 2.05) is 38.4 Å². The normalized spacial score (nSPS) is 10.7. The minimum Gasteiger partial charge on any atom is -0.492 e. The van der Waals surface area contributed by atoms with Crippen LogP contribution in [0.2, 0.25) is 0 Å². The Balaban J connectivity index is 1.80. The third kappa shape index (κ3) is 5.20. The Labute approximate surface area is 138 Å². The molecule has 0 radical (unpaired) electrons. The number of halogens is 1. The molecule has 0 unspecified atom stereocenters. The largest absolute Gasteiger partial charge is 0.492 e. The van der Waals surface area contributed by atoms with Crippen LogP contribution in [0.25, 0.3) is 0 Å². The number of hydrogen-bond donors (Lipinski definition) is 2. The average molecular weight is 366 g/mol. The molecule has 2 rings (SSSR count). The molecule has 0 aliphatic heterocycles. The highest BCUT2D eigenvalue weighted by Gasteiger charge is 2.07. The predicted octanol–water partition coefficient (Wildman–Crippen LogP) is 2.65. The van der Waals surface area contributed by atoms with Crippen molar-refractivity contribution in [2.45, 2.75) is 6.54 Å². The number of nitrogens with zero attached hydrogens (tertiary/aromatic N) is 1. The van der Waals surface area contributed by atoms with Crippen LogP contribution in [0.1, 0.15) is 16.1 Å². The van der Waals surface area contributed by atoms with Crippen LogP contribution in [-0.4, -0.2) is 43.0 Å². The minimum absolute atomic E-state index is 0.128. The smallest absolute Gasteiger partial charge is 0.267 e. The monoisotopic (exact) mass is 365 g/mol. The van der Waals surface area contributed by atoms with E-state index < -0.39 is 0 Å². The molecule has 0 bridgehead atoms. The molecule has 0 aliphatic carbocycles. The number of carbonyl (C=O) groups excluding carboxylic acids is 1. The first-order valence-electron chi connectivity index (χ1n) is 7.03. The third-order valence-electron chi connectivity index (χ3n) is 3.08. The third-order valence-corrected chi connectivity index (χ3v) is 3.53. The fourth-order valence-corrected chi connectivity index (χ4v) is 2.17. The van der Waals surface area contributed by atoms with Gasteiger partial charge in [-0.15, -0.1) is 0 Å². The number of aromatic nitrogens is 1. The fourth-order valence-electron chi connectivity index (χ4n) is 1.83. The molecule has 22 heavy (non-hydrogen) atoms. The maximum absolute atomic E-state index is 11.9. The van der Waals surface area contributed by atoms with Crippen molar-refractivity contribution in [3.05, 3.63) is 52.3 Å². The van der Waals surface area contributed by atoms with Crippen LogP contribution >= 0.6 is 15.9 Å². The van der Waals surface area contributed by atoms with Gasteiger partial charge in [-0.3, -0.25) is 4.79 Å². The van der Waals surface area contributed by atoms with E-state index >= 15 is 0 Å². The van der Waals surface area contributed by atoms with E-state index in [2.05, 4.69) is 31.1 Å². The van der Waals surface area contributed by atoms with Gasteiger partial charge in [0, 0.05) is 23.8 Å². The number of ether oxygens (including phenoxy) is 1. The zero-order valence-electron chi connectivity index (χ0n) is 12.7. The first-order chi connectivity index (χ1) is 10.5. The summed E-state index contributed by atoms with van der Waals surface area (Å²) in [5, 5.41) is 2.87. The highest BCUT2D eigenvalue weighted by atomic mass is 79.9. The summed E-state index contributed by atoms with van der Waals surface area (Å²) >= 11 is 3.31. The second kappa shape index (κ2) is 8.00. The number of nitrogens with one attached hydrogen (secondary N) is 2. The molecule has 0 fully saturated rings. The Morgan fingerprint density at radius 2 is 2.05 bits per heavy atom. The molecule has 118 valence electrons. The predicted molar refractivity (Wildman–Crippen MR) is 90.2 cm³/mol. The Hall–Kier alpha value is -1.79. The number of rotatable bonds is 7. The summed E-state index contributed by atoms with van der Waals surface area (Å²) in [5.74, 6) is 0.710. The first-order valence-corrected chi connectivity index (χ1v) is 7.82. The zero-order valence-corrected chi connectivity index (χ0v) is 14.3. The van der Waals surface area contributed by atoms with Gasteiger partial charge in [-0.2, -0.15) is 0 Å². The van der Waals surface area contributed by atoms with E-state index in [1.54, 1.807) is 12.3 Å². The molecule has 1 amide bonds. The van der Waals surface area contributed by atoms with Gasteiger partial charge in [-0.25, -0.2) is 0 Å². The van der Waals surface area contributed by atoms with Gasteiger partial charge in [0.05, 0.1) is 0 Å². The summed E-state index contributed by atoms with van der Waals surface area (Å²) in [6.45, 7) is 2.02. The van der Waals surface area contributed by atoms with Crippen LogP contribution in [0, 0.1) is 0 Å². The van der Waals surface area contributed by atoms with Crippen LogP contribution in [0.3, 0.4) is 0 Å². The van der Waals surface area contributed by atoms with Crippen LogP contribution < -0.4 is 10.1 Å². The molecule has 0 atom stereocenters. The molecule has 1 heterocycles. The summed E-state index contributed by atoms with van der Waals surface area (Å²) < 4.78 is 6.49. The minimum atomic E-state index is -0.128. The molecule has 0 saturated carbocycles. The van der Waals surface area contributed by atoms with Crippen molar-refractivity contribution in [1.82, 2.24) is 15.2 Å². The maximum atomic E-state index is 11.9. The highest BCUT2D eigenvalue weighted by Crippen LogP contribution is 2.13. The van der Waals surface area contributed by atoms with Gasteiger partial charge in [0.1, 0.15) is 18.1 Å². The Morgan fingerprint density at radius 3 is 2.64 bits per heavy atom. The van der Waals surface area contributed by atoms with E-state index in [9.17, 15) is 4.79 Å². The first kappa shape index (κ1) is 16.6. The molecule has 6 heteroatoms. The van der Waals surface area contributed by atoms with E-state index in [1.165, 1.54) is 0 Å². The molecular formula is C16H20BrN3O2. The molecule has 0 aliphatic rings. The summed E-state index contributed by atoms with van der Waals surface area (Å²) in [6.07, 6.45) is 1.73. The summed E-state index contributed by atoms with van der Waals surface area (Å²) in [7, 11) is 4.02. The van der Waals surface area contributed by atoms with Gasteiger partial charge in [-0.1, -0.05) is 12.1 Å². The SMILES string of the molecule is CN(C)CCOc1ccc(CNC(=O)c2cc(Br)c[nH]2)cc1. The molecular weight excluding hydrogens is 346 g/mol. The zero-order chi connectivity index (χ0) is 15.9. The Morgan fingerprint density at radius 1 is 1.32 bits per heavy atom. The lowest BCUT2D eigenvalue weighted by Crippen LogP contribution is -2.23. The Kier molecular flexibility index (Phi) is 6.03. The second-order valence-corrected chi connectivity index (χ2v) is 6.13. The number of amides is 1. The lowest BCUT2D eigenvalue weighted by atomic mass is 10.2. The topological polar surface area (TPSA) is 57.4 Å². The van der Waals surface area contributed by atoms with Gasteiger partial charge in [0.2, 0.25) is 0 Å². The van der Waals surface area contributed by atoms with E-state index in [-0.39, 0.29) is 5.91 Å². The number of benzene rings is 1. The van der Waals surface area contributed by atoms with Crippen molar-refractivity contribution in [1.29, 1.82) is 0 Å². The van der Waals surface area contributed by atoms with Crippen LogP contribution in [0.15, 0.2) is 41.0 Å². The van der Waals surface area contributed by atoms with E-state index in [0.717, 1.165) is 22.3 Å². The van der Waals surface area contributed by atoms with Crippen molar-refractivity contribution >= 4 is 21.8 Å². The van der Waals surface area contributed by atoms with Crippen molar-refractivity contribution in [2.24, 2.45) is 0 Å². The van der Waals surface area contributed by atoms with Crippen LogP contribution in [0.4, 0.5) is 0 Å². The van der Waals surface area contributed by atoms with Crippen LogP contribution in [-0.2, 0) is 6.54 Å². The summed E-state index contributed by atoms with van der Waals surface area (Å²) in [4.78, 5) is 16.9. The molecule has 2 N–H and O–H groups in total.